The number of carbonyl (C=O) groups excluding carboxylic acids is 1. The zero-order chi connectivity index (χ0) is 18.0. The van der Waals surface area contributed by atoms with Gasteiger partial charge in [0, 0.05) is 36.5 Å². The van der Waals surface area contributed by atoms with Gasteiger partial charge in [-0.25, -0.2) is 23.5 Å². The van der Waals surface area contributed by atoms with Gasteiger partial charge in [-0.1, -0.05) is 0 Å². The van der Waals surface area contributed by atoms with Crippen LogP contribution in [0.4, 0.5) is 0 Å². The summed E-state index contributed by atoms with van der Waals surface area (Å²) in [4.78, 5) is 23.0. The number of aryl methyl sites for hydroxylation is 1. The zero-order valence-electron chi connectivity index (χ0n) is 13.9. The van der Waals surface area contributed by atoms with Crippen molar-refractivity contribution < 1.29 is 13.2 Å². The van der Waals surface area contributed by atoms with Gasteiger partial charge in [0.05, 0.1) is 4.90 Å². The van der Waals surface area contributed by atoms with Crippen molar-refractivity contribution in [1.29, 1.82) is 0 Å². The quantitative estimate of drug-likeness (QED) is 0.892. The van der Waals surface area contributed by atoms with Gasteiger partial charge < -0.3 is 4.90 Å². The lowest BCUT2D eigenvalue weighted by Gasteiger charge is -2.31. The maximum Gasteiger partial charge on any atom is 0.253 e. The Labute approximate surface area is 146 Å². The number of nitrogens with zero attached hydrogens (tertiary/aromatic N) is 3. The average Bonchev–Trinajstić information content (AvgIpc) is 2.61. The van der Waals surface area contributed by atoms with E-state index in [4.69, 9.17) is 5.14 Å². The third-order valence-corrected chi connectivity index (χ3v) is 5.36. The predicted molar refractivity (Wildman–Crippen MR) is 92.5 cm³/mol. The van der Waals surface area contributed by atoms with E-state index >= 15 is 0 Å². The number of piperidine rings is 1. The first-order valence-electron chi connectivity index (χ1n) is 8.06. The van der Waals surface area contributed by atoms with Gasteiger partial charge in [-0.15, -0.1) is 0 Å². The van der Waals surface area contributed by atoms with Gasteiger partial charge in [0.25, 0.3) is 5.91 Å². The highest BCUT2D eigenvalue weighted by Gasteiger charge is 2.25. The molecule has 0 bridgehead atoms. The van der Waals surface area contributed by atoms with Crippen molar-refractivity contribution in [2.75, 3.05) is 13.1 Å². The Morgan fingerprint density at radius 3 is 2.36 bits per heavy atom. The Bertz CT molecular complexity index is 873. The van der Waals surface area contributed by atoms with Crippen LogP contribution in [0.3, 0.4) is 0 Å². The van der Waals surface area contributed by atoms with E-state index in [0.717, 1.165) is 24.4 Å². The monoisotopic (exact) mass is 360 g/mol. The molecule has 0 aliphatic carbocycles. The summed E-state index contributed by atoms with van der Waals surface area (Å²) < 4.78 is 22.6. The summed E-state index contributed by atoms with van der Waals surface area (Å²) in [5.74, 6) is 0.986. The Morgan fingerprint density at radius 2 is 1.80 bits per heavy atom. The lowest BCUT2D eigenvalue weighted by molar-refractivity contribution is 0.0712. The van der Waals surface area contributed by atoms with Gasteiger partial charge in [0.2, 0.25) is 10.0 Å². The predicted octanol–water partition coefficient (Wildman–Crippen LogP) is 1.45. The van der Waals surface area contributed by atoms with E-state index in [1.54, 1.807) is 11.1 Å². The number of hydrogen-bond donors (Lipinski definition) is 1. The molecule has 1 fully saturated rings. The third-order valence-electron chi connectivity index (χ3n) is 4.43. The molecule has 1 aromatic carbocycles. The molecule has 0 radical (unpaired) electrons. The lowest BCUT2D eigenvalue weighted by atomic mass is 9.93. The van der Waals surface area contributed by atoms with Gasteiger partial charge in [-0.3, -0.25) is 4.79 Å². The molecule has 1 amide bonds. The van der Waals surface area contributed by atoms with Crippen LogP contribution in [0.25, 0.3) is 0 Å². The first kappa shape index (κ1) is 17.5. The highest BCUT2D eigenvalue weighted by Crippen LogP contribution is 2.27. The second-order valence-corrected chi connectivity index (χ2v) is 7.73. The molecular weight excluding hydrogens is 340 g/mol. The number of nitrogens with two attached hydrogens (primary N) is 1. The van der Waals surface area contributed by atoms with E-state index in [2.05, 4.69) is 9.97 Å². The summed E-state index contributed by atoms with van der Waals surface area (Å²) in [6.45, 7) is 3.15. The molecule has 132 valence electrons. The van der Waals surface area contributed by atoms with Gasteiger partial charge >= 0.3 is 0 Å². The second kappa shape index (κ2) is 6.89. The number of sulfonamides is 1. The first-order chi connectivity index (χ1) is 11.8. The Hall–Kier alpha value is -2.32. The normalized spacial score (nSPS) is 16.0. The third kappa shape index (κ3) is 4.02. The summed E-state index contributed by atoms with van der Waals surface area (Å²) in [6, 6.07) is 7.66. The molecule has 25 heavy (non-hydrogen) atoms. The summed E-state index contributed by atoms with van der Waals surface area (Å²) in [5.41, 5.74) is 1.49. The fraction of sp³-hybridized carbons (Fsp3) is 0.353. The molecule has 7 nitrogen and oxygen atoms in total. The topological polar surface area (TPSA) is 106 Å². The standard InChI is InChI=1S/C17H20N4O3S/c1-12-19-9-6-16(20-12)13-7-10-21(11-8-13)17(22)14-2-4-15(5-3-14)25(18,23)24/h2-6,9,13H,7-8,10-11H2,1H3,(H2,18,23,24). The Kier molecular flexibility index (Phi) is 4.82. The molecule has 1 saturated heterocycles. The van der Waals surface area contributed by atoms with Gasteiger partial charge in [0.15, 0.2) is 0 Å². The van der Waals surface area contributed by atoms with Crippen molar-refractivity contribution in [2.24, 2.45) is 5.14 Å². The molecule has 2 heterocycles. The average molecular weight is 360 g/mol. The lowest BCUT2D eigenvalue weighted by Crippen LogP contribution is -2.38. The molecule has 1 aliphatic rings. The van der Waals surface area contributed by atoms with Crippen LogP contribution in [0.5, 0.6) is 0 Å². The van der Waals surface area contributed by atoms with Crippen LogP contribution < -0.4 is 5.14 Å². The minimum Gasteiger partial charge on any atom is -0.339 e. The molecule has 0 saturated carbocycles. The van der Waals surface area contributed by atoms with E-state index in [9.17, 15) is 13.2 Å². The van der Waals surface area contributed by atoms with Crippen molar-refractivity contribution in [2.45, 2.75) is 30.6 Å². The number of hydrogen-bond acceptors (Lipinski definition) is 5. The van der Waals surface area contributed by atoms with Gasteiger partial charge in [-0.05, 0) is 50.1 Å². The summed E-state index contributed by atoms with van der Waals surface area (Å²) in [7, 11) is -3.75. The molecule has 1 aromatic heterocycles. The number of carbonyl (C=O) groups is 1. The molecule has 0 unspecified atom stereocenters. The van der Waals surface area contributed by atoms with Crippen molar-refractivity contribution in [3.8, 4) is 0 Å². The zero-order valence-corrected chi connectivity index (χ0v) is 14.7. The molecule has 1 aliphatic heterocycles. The maximum absolute atomic E-state index is 12.6. The molecule has 2 aromatic rings. The molecule has 8 heteroatoms. The summed E-state index contributed by atoms with van der Waals surface area (Å²) in [5, 5.41) is 5.07. The van der Waals surface area contributed by atoms with Crippen LogP contribution in [-0.4, -0.2) is 42.3 Å². The minimum atomic E-state index is -3.75. The first-order valence-corrected chi connectivity index (χ1v) is 9.61. The largest absolute Gasteiger partial charge is 0.339 e. The summed E-state index contributed by atoms with van der Waals surface area (Å²) in [6.07, 6.45) is 3.46. The maximum atomic E-state index is 12.6. The fourth-order valence-corrected chi connectivity index (χ4v) is 3.57. The number of primary sulfonamides is 1. The highest BCUT2D eigenvalue weighted by atomic mass is 32.2. The molecule has 3 rings (SSSR count). The van der Waals surface area contributed by atoms with Crippen LogP contribution >= 0.6 is 0 Å². The SMILES string of the molecule is Cc1nccc(C2CCN(C(=O)c3ccc(S(N)(=O)=O)cc3)CC2)n1. The van der Waals surface area contributed by atoms with E-state index in [0.29, 0.717) is 24.6 Å². The van der Waals surface area contributed by atoms with Crippen LogP contribution in [0.15, 0.2) is 41.4 Å². The van der Waals surface area contributed by atoms with E-state index in [1.807, 2.05) is 13.0 Å². The van der Waals surface area contributed by atoms with Crippen LogP contribution in [0, 0.1) is 6.92 Å². The molecular formula is C17H20N4O3S. The Morgan fingerprint density at radius 1 is 1.16 bits per heavy atom. The van der Waals surface area contributed by atoms with Crippen molar-refractivity contribution in [3.63, 3.8) is 0 Å². The number of rotatable bonds is 3. The highest BCUT2D eigenvalue weighted by molar-refractivity contribution is 7.89. The van der Waals surface area contributed by atoms with E-state index < -0.39 is 10.0 Å². The van der Waals surface area contributed by atoms with Gasteiger partial charge in [-0.2, -0.15) is 0 Å². The minimum absolute atomic E-state index is 0.00175. The number of benzene rings is 1. The van der Waals surface area contributed by atoms with Crippen molar-refractivity contribution in [3.05, 3.63) is 53.6 Å². The van der Waals surface area contributed by atoms with Crippen molar-refractivity contribution >= 4 is 15.9 Å². The smallest absolute Gasteiger partial charge is 0.253 e. The number of likely N-dealkylation sites (tertiary alicyclic amines) is 1. The van der Waals surface area contributed by atoms with E-state index in [1.165, 1.54) is 24.3 Å². The molecule has 0 spiro atoms. The second-order valence-electron chi connectivity index (χ2n) is 6.16. The van der Waals surface area contributed by atoms with Crippen molar-refractivity contribution in [1.82, 2.24) is 14.9 Å². The van der Waals surface area contributed by atoms with Crippen LogP contribution in [-0.2, 0) is 10.0 Å². The Balaban J connectivity index is 1.65. The van der Waals surface area contributed by atoms with E-state index in [-0.39, 0.29) is 10.8 Å². The van der Waals surface area contributed by atoms with Crippen LogP contribution in [0.1, 0.15) is 40.6 Å². The molecule has 0 atom stereocenters. The number of aromatic nitrogens is 2. The van der Waals surface area contributed by atoms with Gasteiger partial charge in [0.1, 0.15) is 5.82 Å². The van der Waals surface area contributed by atoms with Crippen LogP contribution in [0.2, 0.25) is 0 Å². The number of amides is 1. The summed E-state index contributed by atoms with van der Waals surface area (Å²) >= 11 is 0. The fourth-order valence-electron chi connectivity index (χ4n) is 3.05. The molecule has 2 N–H and O–H groups in total.